The average Bonchev–Trinajstić information content (AvgIpc) is 3.04. The van der Waals surface area contributed by atoms with E-state index in [4.69, 9.17) is 27.2 Å². The number of imidazole rings is 1. The standard InChI is InChI=1S/C10H12ClN5O6/c11-22-21-10(7(19)6(18)4(1-17)20-10)16-3-15-5-8(12)13-2-14-9(5)16/h2-4,6-7,17-19H,1H2,(H2,12,13,14)/t4-,6-,7-,10+/m1/s1. The van der Waals surface area contributed by atoms with E-state index in [1.807, 2.05) is 0 Å². The zero-order valence-electron chi connectivity index (χ0n) is 10.9. The number of hydrogen-bond donors (Lipinski definition) is 4. The maximum absolute atomic E-state index is 10.3. The summed E-state index contributed by atoms with van der Waals surface area (Å²) in [6, 6.07) is 0. The summed E-state index contributed by atoms with van der Waals surface area (Å²) in [5.41, 5.74) is 6.05. The Morgan fingerprint density at radius 3 is 2.82 bits per heavy atom. The Hall–Kier alpha value is -1.60. The third-order valence-corrected chi connectivity index (χ3v) is 3.49. The lowest BCUT2D eigenvalue weighted by molar-refractivity contribution is -0.432. The fourth-order valence-electron chi connectivity index (χ4n) is 2.36. The minimum atomic E-state index is -2.11. The van der Waals surface area contributed by atoms with Gasteiger partial charge in [0.2, 0.25) is 0 Å². The van der Waals surface area contributed by atoms with Crippen molar-refractivity contribution in [3.05, 3.63) is 12.7 Å². The molecule has 4 atom stereocenters. The lowest BCUT2D eigenvalue weighted by atomic mass is 10.1. The molecule has 5 N–H and O–H groups in total. The Kier molecular flexibility index (Phi) is 3.86. The summed E-state index contributed by atoms with van der Waals surface area (Å²) in [6.45, 7) is -0.574. The summed E-state index contributed by atoms with van der Waals surface area (Å²) in [5.74, 6) is -2.01. The van der Waals surface area contributed by atoms with Crippen LogP contribution in [0.15, 0.2) is 12.7 Å². The van der Waals surface area contributed by atoms with Gasteiger partial charge in [0.15, 0.2) is 17.6 Å². The van der Waals surface area contributed by atoms with Crippen LogP contribution in [0.2, 0.25) is 0 Å². The molecule has 1 aliphatic rings. The molecule has 1 fully saturated rings. The summed E-state index contributed by atoms with van der Waals surface area (Å²) in [5, 5.41) is 29.4. The van der Waals surface area contributed by atoms with Crippen LogP contribution in [0.5, 0.6) is 0 Å². The quantitative estimate of drug-likeness (QED) is 0.372. The Morgan fingerprint density at radius 1 is 1.41 bits per heavy atom. The van der Waals surface area contributed by atoms with Crippen molar-refractivity contribution in [2.24, 2.45) is 0 Å². The van der Waals surface area contributed by atoms with E-state index in [-0.39, 0.29) is 17.0 Å². The van der Waals surface area contributed by atoms with Crippen LogP contribution in [0.4, 0.5) is 5.82 Å². The molecule has 3 rings (SSSR count). The number of aliphatic hydroxyl groups excluding tert-OH is 3. The molecule has 3 heterocycles. The van der Waals surface area contributed by atoms with Crippen molar-refractivity contribution in [3.8, 4) is 0 Å². The summed E-state index contributed by atoms with van der Waals surface area (Å²) < 4.78 is 10.6. The number of aromatic nitrogens is 4. The highest BCUT2D eigenvalue weighted by Crippen LogP contribution is 2.39. The summed E-state index contributed by atoms with van der Waals surface area (Å²) in [6.07, 6.45) is -1.89. The molecule has 22 heavy (non-hydrogen) atoms. The molecule has 0 aliphatic carbocycles. The number of ether oxygens (including phenoxy) is 1. The molecule has 0 radical (unpaired) electrons. The van der Waals surface area contributed by atoms with Gasteiger partial charge < -0.3 is 25.8 Å². The first-order chi connectivity index (χ1) is 10.5. The van der Waals surface area contributed by atoms with Crippen molar-refractivity contribution in [2.45, 2.75) is 24.2 Å². The van der Waals surface area contributed by atoms with Crippen molar-refractivity contribution in [1.82, 2.24) is 19.5 Å². The molecule has 0 saturated carbocycles. The number of anilines is 1. The molecule has 0 amide bonds. The maximum atomic E-state index is 10.3. The van der Waals surface area contributed by atoms with E-state index >= 15 is 0 Å². The second-order valence-electron chi connectivity index (χ2n) is 4.60. The summed E-state index contributed by atoms with van der Waals surface area (Å²) >= 11 is 5.13. The number of rotatable bonds is 4. The van der Waals surface area contributed by atoms with Gasteiger partial charge in [-0.05, 0) is 0 Å². The van der Waals surface area contributed by atoms with Crippen molar-refractivity contribution in [2.75, 3.05) is 12.3 Å². The number of aliphatic hydroxyl groups is 3. The van der Waals surface area contributed by atoms with Crippen LogP contribution < -0.4 is 5.73 Å². The third kappa shape index (κ3) is 2.03. The van der Waals surface area contributed by atoms with Crippen LogP contribution >= 0.6 is 11.9 Å². The van der Waals surface area contributed by atoms with Gasteiger partial charge in [-0.2, -0.15) is 4.89 Å². The van der Waals surface area contributed by atoms with E-state index in [9.17, 15) is 15.3 Å². The van der Waals surface area contributed by atoms with Crippen molar-refractivity contribution in [1.29, 1.82) is 0 Å². The van der Waals surface area contributed by atoms with Crippen LogP contribution in [0.1, 0.15) is 0 Å². The van der Waals surface area contributed by atoms with Crippen molar-refractivity contribution < 1.29 is 29.4 Å². The molecule has 0 unspecified atom stereocenters. The Morgan fingerprint density at radius 2 is 2.18 bits per heavy atom. The molecular formula is C10H12ClN5O6. The molecule has 11 nitrogen and oxygen atoms in total. The fraction of sp³-hybridized carbons (Fsp3) is 0.500. The second-order valence-corrected chi connectivity index (χ2v) is 4.72. The zero-order valence-corrected chi connectivity index (χ0v) is 11.7. The van der Waals surface area contributed by atoms with Gasteiger partial charge in [-0.25, -0.2) is 15.0 Å². The molecule has 12 heteroatoms. The maximum Gasteiger partial charge on any atom is 0.319 e. The number of nitrogens with zero attached hydrogens (tertiary/aromatic N) is 4. The second kappa shape index (κ2) is 5.55. The SMILES string of the molecule is Nc1ncnc2c1ncn2[C@]1(OOCl)O[C@H](CO)[C@@H](O)[C@H]1O. The molecule has 120 valence electrons. The summed E-state index contributed by atoms with van der Waals surface area (Å²) in [4.78, 5) is 16.6. The normalized spacial score (nSPS) is 31.9. The first-order valence-electron chi connectivity index (χ1n) is 6.10. The molecule has 0 aromatic carbocycles. The van der Waals surface area contributed by atoms with Gasteiger partial charge >= 0.3 is 5.91 Å². The van der Waals surface area contributed by atoms with Crippen molar-refractivity contribution >= 4 is 28.8 Å². The van der Waals surface area contributed by atoms with Crippen LogP contribution in [-0.2, 0) is 20.0 Å². The number of hydrogen-bond acceptors (Lipinski definition) is 10. The predicted molar refractivity (Wildman–Crippen MR) is 69.7 cm³/mol. The number of halogens is 1. The molecular weight excluding hydrogens is 322 g/mol. The Labute approximate surface area is 127 Å². The van der Waals surface area contributed by atoms with E-state index in [0.717, 1.165) is 4.57 Å². The highest BCUT2D eigenvalue weighted by Gasteiger charge is 2.59. The molecule has 1 saturated heterocycles. The number of fused-ring (bicyclic) bond motifs is 1. The minimum Gasteiger partial charge on any atom is -0.394 e. The molecule has 0 spiro atoms. The van der Waals surface area contributed by atoms with E-state index in [1.54, 1.807) is 0 Å². The van der Waals surface area contributed by atoms with Crippen LogP contribution in [0.3, 0.4) is 0 Å². The van der Waals surface area contributed by atoms with Gasteiger partial charge in [0.25, 0.3) is 0 Å². The van der Waals surface area contributed by atoms with Crippen LogP contribution in [-0.4, -0.2) is 59.8 Å². The van der Waals surface area contributed by atoms with Crippen LogP contribution in [0.25, 0.3) is 11.2 Å². The largest absolute Gasteiger partial charge is 0.394 e. The average molecular weight is 334 g/mol. The summed E-state index contributed by atoms with van der Waals surface area (Å²) in [7, 11) is 0. The number of nitrogen functional groups attached to an aromatic ring is 1. The van der Waals surface area contributed by atoms with Gasteiger partial charge in [-0.1, -0.05) is 0 Å². The minimum absolute atomic E-state index is 0.0948. The molecule has 2 aromatic rings. The van der Waals surface area contributed by atoms with Gasteiger partial charge in [0.1, 0.15) is 42.2 Å². The lowest BCUT2D eigenvalue weighted by Gasteiger charge is -2.29. The smallest absolute Gasteiger partial charge is 0.319 e. The first-order valence-corrected chi connectivity index (χ1v) is 6.41. The highest BCUT2D eigenvalue weighted by atomic mass is 35.5. The molecule has 2 aromatic heterocycles. The predicted octanol–water partition coefficient (Wildman–Crippen LogP) is -1.77. The number of nitrogens with two attached hydrogens (primary N) is 1. The van der Waals surface area contributed by atoms with E-state index < -0.39 is 30.8 Å². The fourth-order valence-corrected chi connectivity index (χ4v) is 2.45. The van der Waals surface area contributed by atoms with Gasteiger partial charge in [0.05, 0.1) is 6.61 Å². The van der Waals surface area contributed by atoms with Gasteiger partial charge in [-0.15, -0.1) is 4.44 Å². The topological polar surface area (TPSA) is 158 Å². The van der Waals surface area contributed by atoms with Gasteiger partial charge in [-0.3, -0.25) is 4.57 Å². The van der Waals surface area contributed by atoms with E-state index in [2.05, 4.69) is 19.4 Å². The lowest BCUT2D eigenvalue weighted by Crippen LogP contribution is -2.47. The van der Waals surface area contributed by atoms with Crippen LogP contribution in [0, 0.1) is 0 Å². The third-order valence-electron chi connectivity index (χ3n) is 3.43. The van der Waals surface area contributed by atoms with Gasteiger partial charge in [0, 0.05) is 0 Å². The van der Waals surface area contributed by atoms with Crippen molar-refractivity contribution in [3.63, 3.8) is 0 Å². The molecule has 1 aliphatic heterocycles. The zero-order chi connectivity index (χ0) is 15.9. The molecule has 0 bridgehead atoms. The Balaban J connectivity index is 2.17. The highest BCUT2D eigenvalue weighted by molar-refractivity contribution is 6.06. The van der Waals surface area contributed by atoms with E-state index in [0.29, 0.717) is 0 Å². The monoisotopic (exact) mass is 333 g/mol. The Bertz CT molecular complexity index is 685. The van der Waals surface area contributed by atoms with E-state index in [1.165, 1.54) is 12.7 Å². The first kappa shape index (κ1) is 15.3.